The van der Waals surface area contributed by atoms with Gasteiger partial charge in [0.15, 0.2) is 0 Å². The molecule has 0 unspecified atom stereocenters. The normalized spacial score (nSPS) is 10.5. The van der Waals surface area contributed by atoms with Gasteiger partial charge in [-0.1, -0.05) is 48.4 Å². The highest BCUT2D eigenvalue weighted by molar-refractivity contribution is 6.32. The van der Waals surface area contributed by atoms with Crippen molar-refractivity contribution < 1.29 is 4.74 Å². The molecule has 1 N–H and O–H groups in total. The smallest absolute Gasteiger partial charge is 0.150 e. The minimum Gasteiger partial charge on any atom is -0.455 e. The van der Waals surface area contributed by atoms with Gasteiger partial charge in [-0.05, 0) is 31.7 Å². The first kappa shape index (κ1) is 13.9. The molecular formula is C16H18ClNO. The molecule has 2 aromatic carbocycles. The van der Waals surface area contributed by atoms with E-state index in [9.17, 15) is 0 Å². The number of rotatable bonds is 5. The highest BCUT2D eigenvalue weighted by Crippen LogP contribution is 2.33. The van der Waals surface area contributed by atoms with Gasteiger partial charge < -0.3 is 10.1 Å². The van der Waals surface area contributed by atoms with E-state index in [0.717, 1.165) is 30.2 Å². The summed E-state index contributed by atoms with van der Waals surface area (Å²) >= 11 is 6.24. The van der Waals surface area contributed by atoms with Gasteiger partial charge in [-0.3, -0.25) is 0 Å². The summed E-state index contributed by atoms with van der Waals surface area (Å²) in [4.78, 5) is 0. The summed E-state index contributed by atoms with van der Waals surface area (Å²) < 4.78 is 5.92. The van der Waals surface area contributed by atoms with Crippen molar-refractivity contribution in [2.75, 3.05) is 6.54 Å². The molecule has 0 radical (unpaired) electrons. The van der Waals surface area contributed by atoms with Crippen LogP contribution in [-0.4, -0.2) is 6.54 Å². The largest absolute Gasteiger partial charge is 0.455 e. The Labute approximate surface area is 119 Å². The third-order valence-corrected chi connectivity index (χ3v) is 3.15. The molecule has 2 aromatic rings. The third-order valence-electron chi connectivity index (χ3n) is 2.85. The van der Waals surface area contributed by atoms with Gasteiger partial charge in [-0.15, -0.1) is 0 Å². The maximum Gasteiger partial charge on any atom is 0.150 e. The molecule has 0 atom stereocenters. The lowest BCUT2D eigenvalue weighted by molar-refractivity contribution is 0.473. The van der Waals surface area contributed by atoms with E-state index in [1.165, 1.54) is 5.56 Å². The molecule has 0 fully saturated rings. The Morgan fingerprint density at radius 2 is 1.84 bits per heavy atom. The van der Waals surface area contributed by atoms with Crippen molar-refractivity contribution in [2.24, 2.45) is 0 Å². The third kappa shape index (κ3) is 3.72. The maximum atomic E-state index is 6.24. The van der Waals surface area contributed by atoms with Crippen LogP contribution in [0.2, 0.25) is 5.02 Å². The topological polar surface area (TPSA) is 21.3 Å². The van der Waals surface area contributed by atoms with E-state index in [2.05, 4.69) is 19.2 Å². The molecule has 0 heterocycles. The monoisotopic (exact) mass is 275 g/mol. The molecule has 0 bridgehead atoms. The average molecular weight is 276 g/mol. The van der Waals surface area contributed by atoms with Crippen LogP contribution in [-0.2, 0) is 6.54 Å². The second kappa shape index (κ2) is 6.60. The van der Waals surface area contributed by atoms with Gasteiger partial charge >= 0.3 is 0 Å². The Morgan fingerprint density at radius 1 is 1.11 bits per heavy atom. The Morgan fingerprint density at radius 3 is 2.53 bits per heavy atom. The molecule has 100 valence electrons. The van der Waals surface area contributed by atoms with Gasteiger partial charge in [0.25, 0.3) is 0 Å². The average Bonchev–Trinajstić information content (AvgIpc) is 2.42. The van der Waals surface area contributed by atoms with Crippen LogP contribution in [0, 0.1) is 6.92 Å². The quantitative estimate of drug-likeness (QED) is 0.864. The van der Waals surface area contributed by atoms with Crippen molar-refractivity contribution in [3.63, 3.8) is 0 Å². The summed E-state index contributed by atoms with van der Waals surface area (Å²) in [5, 5.41) is 3.92. The van der Waals surface area contributed by atoms with Crippen LogP contribution < -0.4 is 10.1 Å². The fraction of sp³-hybridized carbons (Fsp3) is 0.250. The summed E-state index contributed by atoms with van der Waals surface area (Å²) in [6.07, 6.45) is 0. The minimum absolute atomic E-state index is 0.635. The number of hydrogen-bond donors (Lipinski definition) is 1. The van der Waals surface area contributed by atoms with Gasteiger partial charge in [0.1, 0.15) is 11.5 Å². The molecule has 0 aliphatic rings. The second-order valence-electron chi connectivity index (χ2n) is 4.42. The minimum atomic E-state index is 0.635. The van der Waals surface area contributed by atoms with Crippen molar-refractivity contribution in [3.8, 4) is 11.5 Å². The lowest BCUT2D eigenvalue weighted by atomic mass is 10.2. The van der Waals surface area contributed by atoms with Gasteiger partial charge in [-0.2, -0.15) is 0 Å². The van der Waals surface area contributed by atoms with Crippen molar-refractivity contribution >= 4 is 11.6 Å². The molecule has 0 saturated heterocycles. The fourth-order valence-corrected chi connectivity index (χ4v) is 2.02. The summed E-state index contributed by atoms with van der Waals surface area (Å²) in [6, 6.07) is 13.8. The first-order valence-corrected chi connectivity index (χ1v) is 6.81. The molecule has 0 saturated carbocycles. The lowest BCUT2D eigenvalue weighted by Gasteiger charge is -2.13. The van der Waals surface area contributed by atoms with Gasteiger partial charge in [-0.25, -0.2) is 0 Å². The van der Waals surface area contributed by atoms with Gasteiger partial charge in [0, 0.05) is 12.1 Å². The predicted octanol–water partition coefficient (Wildman–Crippen LogP) is 4.55. The Kier molecular flexibility index (Phi) is 4.83. The molecule has 19 heavy (non-hydrogen) atoms. The number of halogens is 1. The molecule has 2 nitrogen and oxygen atoms in total. The number of ether oxygens (including phenoxy) is 1. The van der Waals surface area contributed by atoms with Crippen molar-refractivity contribution in [3.05, 3.63) is 58.6 Å². The molecule has 2 rings (SSSR count). The molecule has 0 aliphatic heterocycles. The Hall–Kier alpha value is -1.51. The van der Waals surface area contributed by atoms with E-state index in [0.29, 0.717) is 5.02 Å². The second-order valence-corrected chi connectivity index (χ2v) is 4.83. The van der Waals surface area contributed by atoms with Gasteiger partial charge in [0.05, 0.1) is 5.02 Å². The Balaban J connectivity index is 2.25. The zero-order valence-electron chi connectivity index (χ0n) is 11.2. The highest BCUT2D eigenvalue weighted by atomic mass is 35.5. The van der Waals surface area contributed by atoms with Crippen molar-refractivity contribution in [2.45, 2.75) is 20.4 Å². The van der Waals surface area contributed by atoms with Crippen LogP contribution in [0.1, 0.15) is 18.1 Å². The lowest BCUT2D eigenvalue weighted by Crippen LogP contribution is -2.12. The number of hydrogen-bond acceptors (Lipinski definition) is 2. The SMILES string of the molecule is CCNCc1cccc(Cl)c1Oc1ccc(C)cc1. The van der Waals surface area contributed by atoms with Crippen molar-refractivity contribution in [1.82, 2.24) is 5.32 Å². The van der Waals surface area contributed by atoms with Crippen molar-refractivity contribution in [1.29, 1.82) is 0 Å². The van der Waals surface area contributed by atoms with E-state index < -0.39 is 0 Å². The molecular weight excluding hydrogens is 258 g/mol. The maximum absolute atomic E-state index is 6.24. The van der Waals surface area contributed by atoms with Crippen LogP contribution in [0.15, 0.2) is 42.5 Å². The van der Waals surface area contributed by atoms with Gasteiger partial charge in [0.2, 0.25) is 0 Å². The summed E-state index contributed by atoms with van der Waals surface area (Å²) in [5.74, 6) is 1.53. The van der Waals surface area contributed by atoms with E-state index in [4.69, 9.17) is 16.3 Å². The van der Waals surface area contributed by atoms with E-state index in [1.807, 2.05) is 42.5 Å². The van der Waals surface area contributed by atoms with Crippen LogP contribution >= 0.6 is 11.6 Å². The number of aryl methyl sites for hydroxylation is 1. The van der Waals surface area contributed by atoms with E-state index in [-0.39, 0.29) is 0 Å². The first-order valence-electron chi connectivity index (χ1n) is 6.43. The fourth-order valence-electron chi connectivity index (χ4n) is 1.79. The molecule has 0 spiro atoms. The predicted molar refractivity (Wildman–Crippen MR) is 80.1 cm³/mol. The number of benzene rings is 2. The Bertz CT molecular complexity index is 537. The molecule has 3 heteroatoms. The summed E-state index contributed by atoms with van der Waals surface area (Å²) in [6.45, 7) is 5.79. The summed E-state index contributed by atoms with van der Waals surface area (Å²) in [5.41, 5.74) is 2.27. The first-order chi connectivity index (χ1) is 9.20. The van der Waals surface area contributed by atoms with E-state index in [1.54, 1.807) is 0 Å². The van der Waals surface area contributed by atoms with Crippen LogP contribution in [0.25, 0.3) is 0 Å². The van der Waals surface area contributed by atoms with Crippen LogP contribution in [0.4, 0.5) is 0 Å². The number of para-hydroxylation sites is 1. The molecule has 0 aromatic heterocycles. The zero-order chi connectivity index (χ0) is 13.7. The van der Waals surface area contributed by atoms with Crippen LogP contribution in [0.5, 0.6) is 11.5 Å². The molecule has 0 aliphatic carbocycles. The zero-order valence-corrected chi connectivity index (χ0v) is 12.0. The summed E-state index contributed by atoms with van der Waals surface area (Å²) in [7, 11) is 0. The highest BCUT2D eigenvalue weighted by Gasteiger charge is 2.09. The standard InChI is InChI=1S/C16H18ClNO/c1-3-18-11-13-5-4-6-15(17)16(13)19-14-9-7-12(2)8-10-14/h4-10,18H,3,11H2,1-2H3. The van der Waals surface area contributed by atoms with E-state index >= 15 is 0 Å². The molecule has 0 amide bonds. The van der Waals surface area contributed by atoms with Crippen LogP contribution in [0.3, 0.4) is 0 Å². The number of nitrogens with one attached hydrogen (secondary N) is 1.